The predicted octanol–water partition coefficient (Wildman–Crippen LogP) is 2.41. The van der Waals surface area contributed by atoms with E-state index in [0.717, 1.165) is 10.9 Å². The van der Waals surface area contributed by atoms with Crippen molar-refractivity contribution < 1.29 is 12.8 Å². The maximum Gasteiger partial charge on any atom is 0.243 e. The van der Waals surface area contributed by atoms with Gasteiger partial charge in [0.1, 0.15) is 10.7 Å². The summed E-state index contributed by atoms with van der Waals surface area (Å²) in [6.45, 7) is 0.261. The van der Waals surface area contributed by atoms with Crippen LogP contribution in [0.15, 0.2) is 46.7 Å². The molecule has 0 aliphatic heterocycles. The Labute approximate surface area is 109 Å². The van der Waals surface area contributed by atoms with Gasteiger partial charge in [-0.15, -0.1) is 11.3 Å². The molecule has 1 N–H and O–H groups in total. The third kappa shape index (κ3) is 3.16. The van der Waals surface area contributed by atoms with Gasteiger partial charge < -0.3 is 0 Å². The fourth-order valence-corrected chi connectivity index (χ4v) is 3.32. The van der Waals surface area contributed by atoms with Crippen LogP contribution < -0.4 is 4.72 Å². The van der Waals surface area contributed by atoms with Crippen molar-refractivity contribution in [2.24, 2.45) is 0 Å². The molecule has 0 radical (unpaired) electrons. The van der Waals surface area contributed by atoms with Gasteiger partial charge in [0.2, 0.25) is 10.0 Å². The third-order valence-corrected chi connectivity index (χ3v) is 4.80. The summed E-state index contributed by atoms with van der Waals surface area (Å²) in [7, 11) is -3.76. The number of hydrogen-bond donors (Lipinski definition) is 1. The van der Waals surface area contributed by atoms with Gasteiger partial charge in [0, 0.05) is 11.4 Å². The van der Waals surface area contributed by atoms with Gasteiger partial charge in [0.25, 0.3) is 0 Å². The lowest BCUT2D eigenvalue weighted by atomic mass is 10.3. The lowest BCUT2D eigenvalue weighted by Gasteiger charge is -2.06. The van der Waals surface area contributed by atoms with Gasteiger partial charge in [-0.25, -0.2) is 17.5 Å². The Morgan fingerprint density at radius 1 is 1.17 bits per heavy atom. The van der Waals surface area contributed by atoms with Crippen molar-refractivity contribution in [3.05, 3.63) is 52.5 Å². The molecule has 0 aliphatic carbocycles. The molecule has 0 saturated carbocycles. The molecule has 3 nitrogen and oxygen atoms in total. The average molecular weight is 285 g/mol. The Morgan fingerprint density at radius 3 is 2.61 bits per heavy atom. The molecular weight excluding hydrogens is 273 g/mol. The van der Waals surface area contributed by atoms with Crippen LogP contribution in [0.5, 0.6) is 0 Å². The van der Waals surface area contributed by atoms with Gasteiger partial charge in [-0.05, 0) is 30.0 Å². The molecule has 0 bridgehead atoms. The Balaban J connectivity index is 2.02. The fraction of sp³-hybridized carbons (Fsp3) is 0.167. The highest BCUT2D eigenvalue weighted by molar-refractivity contribution is 7.89. The van der Waals surface area contributed by atoms with E-state index in [2.05, 4.69) is 4.72 Å². The quantitative estimate of drug-likeness (QED) is 0.917. The van der Waals surface area contributed by atoms with Gasteiger partial charge in [-0.2, -0.15) is 0 Å². The summed E-state index contributed by atoms with van der Waals surface area (Å²) in [6.07, 6.45) is 0.603. The first-order valence-corrected chi connectivity index (χ1v) is 7.72. The molecule has 96 valence electrons. The van der Waals surface area contributed by atoms with Crippen LogP contribution in [-0.2, 0) is 16.4 Å². The normalized spacial score (nSPS) is 11.6. The lowest BCUT2D eigenvalue weighted by molar-refractivity contribution is 0.557. The molecule has 0 amide bonds. The van der Waals surface area contributed by atoms with Crippen LogP contribution in [0.2, 0.25) is 0 Å². The maximum atomic E-state index is 13.4. The summed E-state index contributed by atoms with van der Waals surface area (Å²) >= 11 is 1.56. The minimum atomic E-state index is -3.76. The van der Waals surface area contributed by atoms with E-state index in [1.807, 2.05) is 17.5 Å². The van der Waals surface area contributed by atoms with E-state index in [1.165, 1.54) is 18.2 Å². The SMILES string of the molecule is O=S(=O)(NCCc1cccs1)c1ccccc1F. The Bertz CT molecular complexity index is 609. The van der Waals surface area contributed by atoms with E-state index in [4.69, 9.17) is 0 Å². The molecule has 0 atom stereocenters. The van der Waals surface area contributed by atoms with E-state index in [9.17, 15) is 12.8 Å². The van der Waals surface area contributed by atoms with Crippen molar-refractivity contribution in [2.45, 2.75) is 11.3 Å². The molecule has 1 aromatic carbocycles. The number of rotatable bonds is 5. The Morgan fingerprint density at radius 2 is 1.94 bits per heavy atom. The zero-order valence-corrected chi connectivity index (χ0v) is 11.1. The van der Waals surface area contributed by atoms with Crippen molar-refractivity contribution >= 4 is 21.4 Å². The second kappa shape index (κ2) is 5.60. The van der Waals surface area contributed by atoms with Crippen LogP contribution in [0.3, 0.4) is 0 Å². The topological polar surface area (TPSA) is 46.2 Å². The van der Waals surface area contributed by atoms with E-state index in [0.29, 0.717) is 6.42 Å². The highest BCUT2D eigenvalue weighted by Gasteiger charge is 2.17. The van der Waals surface area contributed by atoms with Gasteiger partial charge in [-0.3, -0.25) is 0 Å². The van der Waals surface area contributed by atoms with Crippen molar-refractivity contribution in [3.8, 4) is 0 Å². The van der Waals surface area contributed by atoms with Crippen molar-refractivity contribution in [1.82, 2.24) is 4.72 Å². The standard InChI is InChI=1S/C12H12FNO2S2/c13-11-5-1-2-6-12(11)18(15,16)14-8-7-10-4-3-9-17-10/h1-6,9,14H,7-8H2. The monoisotopic (exact) mass is 285 g/mol. The van der Waals surface area contributed by atoms with Gasteiger partial charge in [0.15, 0.2) is 0 Å². The number of benzene rings is 1. The van der Waals surface area contributed by atoms with Crippen molar-refractivity contribution in [2.75, 3.05) is 6.54 Å². The first-order valence-electron chi connectivity index (χ1n) is 5.36. The van der Waals surface area contributed by atoms with Gasteiger partial charge in [-0.1, -0.05) is 18.2 Å². The fourth-order valence-electron chi connectivity index (χ4n) is 1.50. The number of thiophene rings is 1. The van der Waals surface area contributed by atoms with Crippen LogP contribution in [0.1, 0.15) is 4.88 Å². The third-order valence-electron chi connectivity index (χ3n) is 2.37. The maximum absolute atomic E-state index is 13.4. The minimum absolute atomic E-state index is 0.261. The zero-order valence-electron chi connectivity index (χ0n) is 9.47. The lowest BCUT2D eigenvalue weighted by Crippen LogP contribution is -2.26. The summed E-state index contributed by atoms with van der Waals surface area (Å²) < 4.78 is 39.4. The smallest absolute Gasteiger partial charge is 0.211 e. The average Bonchev–Trinajstić information content (AvgIpc) is 2.82. The molecule has 2 aromatic rings. The summed E-state index contributed by atoms with van der Waals surface area (Å²) in [5, 5.41) is 1.93. The molecule has 2 rings (SSSR count). The van der Waals surface area contributed by atoms with Crippen LogP contribution in [0.4, 0.5) is 4.39 Å². The molecule has 6 heteroatoms. The predicted molar refractivity (Wildman–Crippen MR) is 69.6 cm³/mol. The molecule has 0 unspecified atom stereocenters. The summed E-state index contributed by atoms with van der Waals surface area (Å²) in [4.78, 5) is 0.780. The molecule has 1 heterocycles. The molecule has 0 saturated heterocycles. The zero-order chi connectivity index (χ0) is 13.0. The molecule has 1 aromatic heterocycles. The van der Waals surface area contributed by atoms with Gasteiger partial charge in [0.05, 0.1) is 0 Å². The first-order chi connectivity index (χ1) is 8.59. The Kier molecular flexibility index (Phi) is 4.11. The number of hydrogen-bond acceptors (Lipinski definition) is 3. The largest absolute Gasteiger partial charge is 0.243 e. The van der Waals surface area contributed by atoms with Crippen molar-refractivity contribution in [3.63, 3.8) is 0 Å². The van der Waals surface area contributed by atoms with E-state index < -0.39 is 15.8 Å². The van der Waals surface area contributed by atoms with Gasteiger partial charge >= 0.3 is 0 Å². The molecule has 0 fully saturated rings. The van der Waals surface area contributed by atoms with E-state index in [-0.39, 0.29) is 11.4 Å². The second-order valence-corrected chi connectivity index (χ2v) is 6.43. The molecule has 18 heavy (non-hydrogen) atoms. The molecule has 0 aliphatic rings. The summed E-state index contributed by atoms with van der Waals surface area (Å²) in [6, 6.07) is 9.18. The molecular formula is C12H12FNO2S2. The molecule has 0 spiro atoms. The summed E-state index contributed by atoms with van der Waals surface area (Å²) in [5.41, 5.74) is 0. The van der Waals surface area contributed by atoms with Crippen LogP contribution >= 0.6 is 11.3 Å². The van der Waals surface area contributed by atoms with E-state index >= 15 is 0 Å². The highest BCUT2D eigenvalue weighted by atomic mass is 32.2. The number of halogens is 1. The van der Waals surface area contributed by atoms with E-state index in [1.54, 1.807) is 11.3 Å². The van der Waals surface area contributed by atoms with Crippen molar-refractivity contribution in [1.29, 1.82) is 0 Å². The second-order valence-electron chi connectivity index (χ2n) is 3.66. The number of nitrogens with one attached hydrogen (secondary N) is 1. The highest BCUT2D eigenvalue weighted by Crippen LogP contribution is 2.13. The van der Waals surface area contributed by atoms with Crippen LogP contribution in [-0.4, -0.2) is 15.0 Å². The number of sulfonamides is 1. The van der Waals surface area contributed by atoms with Crippen LogP contribution in [0.25, 0.3) is 0 Å². The Hall–Kier alpha value is -1.24. The van der Waals surface area contributed by atoms with Crippen LogP contribution in [0, 0.1) is 5.82 Å². The summed E-state index contributed by atoms with van der Waals surface area (Å²) in [5.74, 6) is -0.735. The minimum Gasteiger partial charge on any atom is -0.211 e. The first kappa shape index (κ1) is 13.2.